The Morgan fingerprint density at radius 1 is 1.30 bits per heavy atom. The number of nitrogens with one attached hydrogen (secondary N) is 2. The van der Waals surface area contributed by atoms with Gasteiger partial charge >= 0.3 is 5.97 Å². The maximum Gasteiger partial charge on any atom is 0.352 e. The molecule has 2 aliphatic heterocycles. The number of oxime groups is 1. The van der Waals surface area contributed by atoms with E-state index in [1.807, 2.05) is 20.8 Å². The molecule has 0 radical (unpaired) electrons. The summed E-state index contributed by atoms with van der Waals surface area (Å²) in [5.41, 5.74) is 5.85. The van der Waals surface area contributed by atoms with Gasteiger partial charge < -0.3 is 26.3 Å². The number of carbonyl (C=O) groups is 4. The van der Waals surface area contributed by atoms with Crippen molar-refractivity contribution in [1.29, 1.82) is 0 Å². The number of aromatic nitrogens is 3. The summed E-state index contributed by atoms with van der Waals surface area (Å²) in [6, 6.07) is 2.31. The van der Waals surface area contributed by atoms with Crippen molar-refractivity contribution in [2.75, 3.05) is 18.1 Å². The van der Waals surface area contributed by atoms with Gasteiger partial charge in [0, 0.05) is 40.5 Å². The van der Waals surface area contributed by atoms with Crippen molar-refractivity contribution in [2.45, 2.75) is 51.2 Å². The Bertz CT molecular complexity index is 1400. The number of nitrogen functional groups attached to an aromatic ring is 1. The zero-order chi connectivity index (χ0) is 29.2. The monoisotopic (exact) mass is 589 g/mol. The number of carboxylic acids is 1. The third-order valence-corrected chi connectivity index (χ3v) is 7.59. The normalized spacial score (nSPS) is 19.1. The van der Waals surface area contributed by atoms with E-state index in [1.54, 1.807) is 36.0 Å². The molecule has 0 aromatic carbocycles. The van der Waals surface area contributed by atoms with Crippen molar-refractivity contribution in [3.63, 3.8) is 0 Å². The molecule has 40 heavy (non-hydrogen) atoms. The van der Waals surface area contributed by atoms with E-state index < -0.39 is 29.2 Å². The van der Waals surface area contributed by atoms with Crippen LogP contribution in [0.15, 0.2) is 41.0 Å². The molecule has 2 aliphatic rings. The molecule has 0 saturated carbocycles. The number of hydrogen-bond donors (Lipinski definition) is 4. The number of nitrogens with zero attached hydrogens (tertiary/aromatic N) is 5. The molecule has 0 bridgehead atoms. The van der Waals surface area contributed by atoms with E-state index in [4.69, 9.17) is 10.6 Å². The number of amides is 3. The second-order valence-electron chi connectivity index (χ2n) is 9.90. The number of anilines is 1. The van der Waals surface area contributed by atoms with E-state index in [2.05, 4.69) is 25.1 Å². The first-order valence-corrected chi connectivity index (χ1v) is 14.0. The van der Waals surface area contributed by atoms with E-state index in [0.717, 1.165) is 11.5 Å². The molecule has 0 spiro atoms. The summed E-state index contributed by atoms with van der Waals surface area (Å²) in [5.74, 6) is -2.51. The molecule has 16 heteroatoms. The SMILES string of the molecule is CCON=C(C(=O)NC1C(=O)N2C(C(=O)O)=C(C[n+]3ccc(C(=O)NC(C)(C)C)cc3)CS[C@H]12)c1nsc(N)n1. The third-order valence-electron chi connectivity index (χ3n) is 5.71. The predicted octanol–water partition coefficient (Wildman–Crippen LogP) is 0.116. The summed E-state index contributed by atoms with van der Waals surface area (Å²) in [7, 11) is 0. The molecule has 2 atom stereocenters. The number of rotatable bonds is 9. The Morgan fingerprint density at radius 2 is 2.00 bits per heavy atom. The first-order valence-electron chi connectivity index (χ1n) is 12.2. The molecule has 4 rings (SSSR count). The molecule has 1 saturated heterocycles. The Kier molecular flexibility index (Phi) is 8.39. The van der Waals surface area contributed by atoms with Gasteiger partial charge in [-0.3, -0.25) is 19.3 Å². The van der Waals surface area contributed by atoms with Crippen LogP contribution in [0.25, 0.3) is 0 Å². The summed E-state index contributed by atoms with van der Waals surface area (Å²) >= 11 is 2.21. The number of fused-ring (bicyclic) bond motifs is 1. The lowest BCUT2D eigenvalue weighted by Crippen LogP contribution is -2.71. The zero-order valence-electron chi connectivity index (χ0n) is 22.2. The number of hydrogen-bond acceptors (Lipinski definition) is 11. The third kappa shape index (κ3) is 6.22. The Balaban J connectivity index is 1.49. The number of aliphatic carboxylic acids is 1. The van der Waals surface area contributed by atoms with Crippen LogP contribution < -0.4 is 20.9 Å². The Hall–Kier alpha value is -4.05. The Labute approximate surface area is 237 Å². The van der Waals surface area contributed by atoms with Crippen molar-refractivity contribution >= 4 is 57.8 Å². The highest BCUT2D eigenvalue weighted by Gasteiger charge is 2.55. The molecule has 4 heterocycles. The first-order chi connectivity index (χ1) is 18.9. The lowest BCUT2D eigenvalue weighted by atomic mass is 10.0. The van der Waals surface area contributed by atoms with Gasteiger partial charge in [-0.05, 0) is 27.7 Å². The maximum atomic E-state index is 13.1. The number of β-lactam (4-membered cyclic amide) rings is 1. The fourth-order valence-electron chi connectivity index (χ4n) is 4.01. The van der Waals surface area contributed by atoms with Gasteiger partial charge in [0.05, 0.1) is 5.56 Å². The van der Waals surface area contributed by atoms with Crippen molar-refractivity contribution in [3.8, 4) is 0 Å². The smallest absolute Gasteiger partial charge is 0.352 e. The molecular formula is C24H29N8O6S2+. The number of carboxylic acid groups (broad SMARTS) is 1. The summed E-state index contributed by atoms with van der Waals surface area (Å²) < 4.78 is 5.72. The number of carbonyl (C=O) groups excluding carboxylic acids is 3. The first kappa shape index (κ1) is 28.9. The quantitative estimate of drug-likeness (QED) is 0.135. The van der Waals surface area contributed by atoms with Gasteiger partial charge in [-0.15, -0.1) is 11.8 Å². The lowest BCUT2D eigenvalue weighted by molar-refractivity contribution is -0.689. The van der Waals surface area contributed by atoms with Gasteiger partial charge in [-0.2, -0.15) is 9.36 Å². The van der Waals surface area contributed by atoms with Gasteiger partial charge in [-0.1, -0.05) is 5.16 Å². The van der Waals surface area contributed by atoms with Crippen LogP contribution in [0.4, 0.5) is 5.13 Å². The number of thioether (sulfide) groups is 1. The molecule has 2 aromatic rings. The van der Waals surface area contributed by atoms with E-state index in [1.165, 1.54) is 16.7 Å². The van der Waals surface area contributed by atoms with Crippen molar-refractivity contribution in [3.05, 3.63) is 47.2 Å². The summed E-state index contributed by atoms with van der Waals surface area (Å²) in [4.78, 5) is 60.8. The highest BCUT2D eigenvalue weighted by molar-refractivity contribution is 8.00. The fourth-order valence-corrected chi connectivity index (χ4v) is 5.78. The predicted molar refractivity (Wildman–Crippen MR) is 146 cm³/mol. The summed E-state index contributed by atoms with van der Waals surface area (Å²) in [6.45, 7) is 7.72. The molecule has 14 nitrogen and oxygen atoms in total. The molecule has 1 fully saturated rings. The molecule has 2 aromatic heterocycles. The number of pyridine rings is 1. The second kappa shape index (κ2) is 11.6. The standard InChI is InChI=1S/C24H28N8O6S2/c1-5-38-29-14(17-27-23(25)40-30-17)19(34)26-15-20(35)32-16(22(36)37)13(11-39-21(15)32)10-31-8-6-12(7-9-31)18(33)28-24(2,3)4/h6-9,15,21H,5,10-11H2,1-4H3,(H4-,25,26,27,28,30,33,34,36,37)/p+1/t15?,21-/m1/s1. The van der Waals surface area contributed by atoms with Gasteiger partial charge in [0.2, 0.25) is 11.5 Å². The van der Waals surface area contributed by atoms with Crippen LogP contribution in [-0.4, -0.2) is 78.1 Å². The van der Waals surface area contributed by atoms with Crippen LogP contribution in [0.3, 0.4) is 0 Å². The zero-order valence-corrected chi connectivity index (χ0v) is 23.8. The molecule has 212 valence electrons. The topological polar surface area (TPSA) is 193 Å². The number of nitrogens with two attached hydrogens (primary N) is 1. The average Bonchev–Trinajstić information content (AvgIpc) is 3.32. The fraction of sp³-hybridized carbons (Fsp3) is 0.417. The summed E-state index contributed by atoms with van der Waals surface area (Å²) in [5, 5.41) is 18.7. The average molecular weight is 590 g/mol. The van der Waals surface area contributed by atoms with E-state index >= 15 is 0 Å². The van der Waals surface area contributed by atoms with Crippen molar-refractivity contribution in [2.24, 2.45) is 5.16 Å². The minimum absolute atomic E-state index is 0.0410. The second-order valence-corrected chi connectivity index (χ2v) is 11.8. The van der Waals surface area contributed by atoms with Crippen LogP contribution in [0.5, 0.6) is 0 Å². The largest absolute Gasteiger partial charge is 0.477 e. The maximum absolute atomic E-state index is 13.1. The molecular weight excluding hydrogens is 560 g/mol. The van der Waals surface area contributed by atoms with E-state index in [0.29, 0.717) is 16.9 Å². The molecule has 5 N–H and O–H groups in total. The molecule has 1 unspecified atom stereocenters. The van der Waals surface area contributed by atoms with Crippen LogP contribution in [0.2, 0.25) is 0 Å². The minimum Gasteiger partial charge on any atom is -0.477 e. The van der Waals surface area contributed by atoms with Crippen molar-refractivity contribution < 1.29 is 33.7 Å². The molecule has 0 aliphatic carbocycles. The lowest BCUT2D eigenvalue weighted by Gasteiger charge is -2.49. The highest BCUT2D eigenvalue weighted by Crippen LogP contribution is 2.40. The van der Waals surface area contributed by atoms with E-state index in [-0.39, 0.29) is 47.0 Å². The van der Waals surface area contributed by atoms with Gasteiger partial charge in [0.1, 0.15) is 23.7 Å². The van der Waals surface area contributed by atoms with Crippen LogP contribution in [-0.2, 0) is 25.8 Å². The minimum atomic E-state index is -1.25. The van der Waals surface area contributed by atoms with Crippen LogP contribution in [0, 0.1) is 0 Å². The van der Waals surface area contributed by atoms with Crippen LogP contribution in [0.1, 0.15) is 43.9 Å². The van der Waals surface area contributed by atoms with Crippen LogP contribution >= 0.6 is 23.3 Å². The van der Waals surface area contributed by atoms with Gasteiger partial charge in [0.15, 0.2) is 24.1 Å². The van der Waals surface area contributed by atoms with Gasteiger partial charge in [0.25, 0.3) is 17.7 Å². The van der Waals surface area contributed by atoms with E-state index in [9.17, 15) is 24.3 Å². The highest BCUT2D eigenvalue weighted by atomic mass is 32.2. The summed E-state index contributed by atoms with van der Waals surface area (Å²) in [6.07, 6.45) is 3.36. The van der Waals surface area contributed by atoms with Crippen molar-refractivity contribution in [1.82, 2.24) is 24.9 Å². The molecule has 3 amide bonds. The van der Waals surface area contributed by atoms with Gasteiger partial charge in [-0.25, -0.2) is 9.36 Å². The Morgan fingerprint density at radius 3 is 2.58 bits per heavy atom.